The Morgan fingerprint density at radius 3 is 2.30 bits per heavy atom. The number of aromatic amines is 1. The van der Waals surface area contributed by atoms with Crippen molar-refractivity contribution in [1.82, 2.24) is 9.55 Å². The summed E-state index contributed by atoms with van der Waals surface area (Å²) in [6.45, 7) is 8.06. The van der Waals surface area contributed by atoms with Crippen molar-refractivity contribution >= 4 is 11.8 Å². The number of aryl methyl sites for hydroxylation is 2. The van der Waals surface area contributed by atoms with Gasteiger partial charge in [0.2, 0.25) is 0 Å². The number of rotatable bonds is 7. The molecule has 1 heterocycles. The summed E-state index contributed by atoms with van der Waals surface area (Å²) >= 11 is 1.44. The summed E-state index contributed by atoms with van der Waals surface area (Å²) < 4.78 is 1.62. The second kappa shape index (κ2) is 8.96. The lowest BCUT2D eigenvalue weighted by atomic mass is 9.86. The molecule has 0 bridgehead atoms. The minimum absolute atomic E-state index is 0.0551. The third-order valence-corrected chi connectivity index (χ3v) is 6.74. The first kappa shape index (κ1) is 22.6. The minimum Gasteiger partial charge on any atom is -0.396 e. The number of aliphatic hydroxyl groups excluding tert-OH is 2. The molecule has 30 heavy (non-hydrogen) atoms. The maximum atomic E-state index is 12.8. The van der Waals surface area contributed by atoms with Crippen LogP contribution in [0.5, 0.6) is 0 Å². The van der Waals surface area contributed by atoms with Crippen molar-refractivity contribution in [3.8, 4) is 0 Å². The lowest BCUT2D eigenvalue weighted by molar-refractivity contribution is 0.0636. The second-order valence-electron chi connectivity index (χ2n) is 8.70. The van der Waals surface area contributed by atoms with E-state index >= 15 is 0 Å². The molecule has 0 spiro atoms. The lowest BCUT2D eigenvalue weighted by Crippen LogP contribution is -2.35. The number of hydrogen-bond acceptors (Lipinski definition) is 5. The van der Waals surface area contributed by atoms with Crippen LogP contribution < -0.4 is 11.2 Å². The molecule has 1 aromatic heterocycles. The minimum atomic E-state index is -0.566. The van der Waals surface area contributed by atoms with Crippen molar-refractivity contribution < 1.29 is 10.2 Å². The standard InChI is InChI=1S/C23H30N2O4S/c1-14(2)19-20(28)24-22(29)25(11-17-5-6-23(10-17,12-26)13-27)21(19)30-18-8-15(3)7-16(4)9-18/h5,7-9,14,26-27H,6,10-13H2,1-4H3,(H,24,28,29). The van der Waals surface area contributed by atoms with E-state index in [1.165, 1.54) is 11.8 Å². The molecule has 3 rings (SSSR count). The van der Waals surface area contributed by atoms with E-state index in [2.05, 4.69) is 23.2 Å². The van der Waals surface area contributed by atoms with Gasteiger partial charge in [0.25, 0.3) is 5.56 Å². The van der Waals surface area contributed by atoms with Gasteiger partial charge in [0.15, 0.2) is 0 Å². The Morgan fingerprint density at radius 1 is 1.13 bits per heavy atom. The number of H-pyrrole nitrogens is 1. The van der Waals surface area contributed by atoms with Crippen molar-refractivity contribution in [2.45, 2.75) is 62.9 Å². The third kappa shape index (κ3) is 4.63. The average molecular weight is 431 g/mol. The van der Waals surface area contributed by atoms with E-state index in [0.717, 1.165) is 21.6 Å². The highest BCUT2D eigenvalue weighted by molar-refractivity contribution is 7.99. The molecule has 0 amide bonds. The number of allylic oxidation sites excluding steroid dienone is 2. The van der Waals surface area contributed by atoms with Crippen molar-refractivity contribution in [2.75, 3.05) is 13.2 Å². The van der Waals surface area contributed by atoms with E-state index in [4.69, 9.17) is 0 Å². The molecule has 0 saturated heterocycles. The van der Waals surface area contributed by atoms with Crippen molar-refractivity contribution in [1.29, 1.82) is 0 Å². The molecule has 6 nitrogen and oxygen atoms in total. The molecule has 2 aromatic rings. The third-order valence-electron chi connectivity index (χ3n) is 5.63. The highest BCUT2D eigenvalue weighted by Crippen LogP contribution is 2.38. The van der Waals surface area contributed by atoms with Crippen LogP contribution in [0.1, 0.15) is 49.3 Å². The highest BCUT2D eigenvalue weighted by atomic mass is 32.2. The van der Waals surface area contributed by atoms with Crippen molar-refractivity contribution in [2.24, 2.45) is 5.41 Å². The van der Waals surface area contributed by atoms with Crippen LogP contribution in [0.25, 0.3) is 0 Å². The molecule has 1 aliphatic rings. The van der Waals surface area contributed by atoms with Gasteiger partial charge in [-0.1, -0.05) is 43.3 Å². The van der Waals surface area contributed by atoms with E-state index in [0.29, 0.717) is 30.0 Å². The van der Waals surface area contributed by atoms with Gasteiger partial charge in [-0.25, -0.2) is 4.79 Å². The number of hydrogen-bond donors (Lipinski definition) is 3. The molecule has 7 heteroatoms. The van der Waals surface area contributed by atoms with Gasteiger partial charge in [0.1, 0.15) is 0 Å². The Kier molecular flexibility index (Phi) is 6.75. The first-order chi connectivity index (χ1) is 14.2. The van der Waals surface area contributed by atoms with Gasteiger partial charge in [0.05, 0.1) is 23.8 Å². The zero-order valence-corrected chi connectivity index (χ0v) is 18.8. The van der Waals surface area contributed by atoms with E-state index < -0.39 is 11.1 Å². The van der Waals surface area contributed by atoms with E-state index in [1.54, 1.807) is 4.57 Å². The molecule has 0 saturated carbocycles. The summed E-state index contributed by atoms with van der Waals surface area (Å²) in [5.74, 6) is -0.0551. The SMILES string of the molecule is Cc1cc(C)cc(Sc2c(C(C)C)c(=O)[nH]c(=O)n2CC2=CCC(CO)(CO)C2)c1. The topological polar surface area (TPSA) is 95.3 Å². The fraction of sp³-hybridized carbons (Fsp3) is 0.478. The van der Waals surface area contributed by atoms with E-state index in [-0.39, 0.29) is 24.7 Å². The molecule has 1 aliphatic carbocycles. The summed E-state index contributed by atoms with van der Waals surface area (Å²) in [6, 6.07) is 6.19. The number of aromatic nitrogens is 2. The van der Waals surface area contributed by atoms with Gasteiger partial charge < -0.3 is 10.2 Å². The summed E-state index contributed by atoms with van der Waals surface area (Å²) in [6.07, 6.45) is 3.09. The van der Waals surface area contributed by atoms with Crippen molar-refractivity contribution in [3.63, 3.8) is 0 Å². The maximum absolute atomic E-state index is 12.8. The Bertz CT molecular complexity index is 1060. The quantitative estimate of drug-likeness (QED) is 0.463. The fourth-order valence-corrected chi connectivity index (χ4v) is 5.44. The van der Waals surface area contributed by atoms with Crippen LogP contribution in [-0.2, 0) is 6.54 Å². The van der Waals surface area contributed by atoms with Gasteiger partial charge in [0, 0.05) is 16.9 Å². The van der Waals surface area contributed by atoms with Crippen LogP contribution in [0.4, 0.5) is 0 Å². The molecule has 0 unspecified atom stereocenters. The maximum Gasteiger partial charge on any atom is 0.329 e. The molecule has 1 aromatic carbocycles. The van der Waals surface area contributed by atoms with Crippen LogP contribution in [-0.4, -0.2) is 33.0 Å². The van der Waals surface area contributed by atoms with Crippen LogP contribution in [0.2, 0.25) is 0 Å². The number of nitrogens with zero attached hydrogens (tertiary/aromatic N) is 1. The zero-order chi connectivity index (χ0) is 22.1. The Morgan fingerprint density at radius 2 is 1.77 bits per heavy atom. The first-order valence-electron chi connectivity index (χ1n) is 10.2. The number of benzene rings is 1. The molecule has 0 fully saturated rings. The molecule has 162 valence electrons. The van der Waals surface area contributed by atoms with Crippen LogP contribution >= 0.6 is 11.8 Å². The van der Waals surface area contributed by atoms with Crippen LogP contribution in [0.15, 0.2) is 49.4 Å². The van der Waals surface area contributed by atoms with Crippen LogP contribution in [0, 0.1) is 19.3 Å². The van der Waals surface area contributed by atoms with Gasteiger partial charge in [-0.2, -0.15) is 0 Å². The molecule has 0 atom stereocenters. The van der Waals surface area contributed by atoms with Gasteiger partial charge in [-0.3, -0.25) is 14.3 Å². The summed E-state index contributed by atoms with van der Waals surface area (Å²) in [7, 11) is 0. The monoisotopic (exact) mass is 430 g/mol. The summed E-state index contributed by atoms with van der Waals surface area (Å²) in [4.78, 5) is 28.9. The molecule has 0 aliphatic heterocycles. The molecule has 0 radical (unpaired) electrons. The Labute approximate surface area is 180 Å². The second-order valence-corrected chi connectivity index (χ2v) is 9.77. The van der Waals surface area contributed by atoms with E-state index in [9.17, 15) is 19.8 Å². The smallest absolute Gasteiger partial charge is 0.329 e. The normalized spacial score (nSPS) is 15.6. The Hall–Kier alpha value is -2.09. The Balaban J connectivity index is 2.07. The lowest BCUT2D eigenvalue weighted by Gasteiger charge is -2.24. The summed E-state index contributed by atoms with van der Waals surface area (Å²) in [5, 5.41) is 20.0. The molecule has 3 N–H and O–H groups in total. The predicted octanol–water partition coefficient (Wildman–Crippen LogP) is 3.12. The number of aliphatic hydroxyl groups is 2. The van der Waals surface area contributed by atoms with Gasteiger partial charge >= 0.3 is 5.69 Å². The fourth-order valence-electron chi connectivity index (χ4n) is 4.03. The number of nitrogens with one attached hydrogen (secondary N) is 1. The highest BCUT2D eigenvalue weighted by Gasteiger charge is 2.34. The molecular formula is C23H30N2O4S. The largest absolute Gasteiger partial charge is 0.396 e. The average Bonchev–Trinajstić information content (AvgIpc) is 3.07. The summed E-state index contributed by atoms with van der Waals surface area (Å²) in [5.41, 5.74) is 2.45. The predicted molar refractivity (Wildman–Crippen MR) is 119 cm³/mol. The van der Waals surface area contributed by atoms with Gasteiger partial charge in [-0.05, 0) is 55.9 Å². The first-order valence-corrected chi connectivity index (χ1v) is 11.0. The molecular weight excluding hydrogens is 400 g/mol. The van der Waals surface area contributed by atoms with Gasteiger partial charge in [-0.15, -0.1) is 0 Å². The zero-order valence-electron chi connectivity index (χ0n) is 18.0. The van der Waals surface area contributed by atoms with E-state index in [1.807, 2.05) is 33.8 Å². The van der Waals surface area contributed by atoms with Crippen molar-refractivity contribution in [3.05, 3.63) is 67.4 Å². The van der Waals surface area contributed by atoms with Crippen LogP contribution in [0.3, 0.4) is 0 Å².